The van der Waals surface area contributed by atoms with E-state index in [0.29, 0.717) is 5.69 Å². The first kappa shape index (κ1) is 10.5. The predicted octanol–water partition coefficient (Wildman–Crippen LogP) is 2.57. The van der Waals surface area contributed by atoms with Crippen molar-refractivity contribution in [2.75, 3.05) is 7.11 Å². The first-order valence-corrected chi connectivity index (χ1v) is 5.56. The number of nitrogens with zero attached hydrogens (tertiary/aromatic N) is 1. The quantitative estimate of drug-likeness (QED) is 0.598. The number of esters is 1. The molecule has 1 heterocycles. The fraction of sp³-hybridized carbons (Fsp3) is 0.182. The van der Waals surface area contributed by atoms with Crippen LogP contribution in [0.25, 0.3) is 10.9 Å². The molecule has 0 aliphatic rings. The maximum Gasteiger partial charge on any atom is 0.355 e. The van der Waals surface area contributed by atoms with Gasteiger partial charge in [0.25, 0.3) is 0 Å². The van der Waals surface area contributed by atoms with Crippen molar-refractivity contribution in [2.45, 2.75) is 0 Å². The van der Waals surface area contributed by atoms with Crippen LogP contribution in [-0.4, -0.2) is 17.6 Å². The Morgan fingerprint density at radius 3 is 2.67 bits per heavy atom. The highest BCUT2D eigenvalue weighted by Crippen LogP contribution is 2.26. The average molecular weight is 315 g/mol. The normalized spacial score (nSPS) is 10.6. The Kier molecular flexibility index (Phi) is 2.68. The van der Waals surface area contributed by atoms with Crippen LogP contribution in [0.3, 0.4) is 0 Å². The molecule has 1 aromatic carbocycles. The second kappa shape index (κ2) is 3.84. The Bertz CT molecular complexity index is 492. The Morgan fingerprint density at radius 1 is 1.40 bits per heavy atom. The minimum Gasteiger partial charge on any atom is -0.464 e. The molecular formula is C11H10INO2. The molecule has 78 valence electrons. The third-order valence-corrected chi connectivity index (χ3v) is 3.52. The fourth-order valence-corrected chi connectivity index (χ4v) is 2.71. The van der Waals surface area contributed by atoms with Crippen molar-refractivity contribution in [1.82, 2.24) is 4.57 Å². The topological polar surface area (TPSA) is 31.2 Å². The van der Waals surface area contributed by atoms with Gasteiger partial charge < -0.3 is 9.30 Å². The molecule has 0 radical (unpaired) electrons. The smallest absolute Gasteiger partial charge is 0.355 e. The fourth-order valence-electron chi connectivity index (χ4n) is 1.67. The average Bonchev–Trinajstić information content (AvgIpc) is 2.52. The maximum absolute atomic E-state index is 11.6. The zero-order valence-corrected chi connectivity index (χ0v) is 10.6. The van der Waals surface area contributed by atoms with E-state index in [1.54, 1.807) is 0 Å². The molecule has 4 heteroatoms. The third kappa shape index (κ3) is 1.52. The van der Waals surface area contributed by atoms with Crippen molar-refractivity contribution < 1.29 is 9.53 Å². The molecule has 0 spiro atoms. The monoisotopic (exact) mass is 315 g/mol. The summed E-state index contributed by atoms with van der Waals surface area (Å²) in [4.78, 5) is 11.6. The Labute approximate surface area is 101 Å². The maximum atomic E-state index is 11.6. The molecule has 0 amide bonds. The van der Waals surface area contributed by atoms with Crippen LogP contribution in [-0.2, 0) is 11.8 Å². The molecule has 0 saturated heterocycles. The number of rotatable bonds is 1. The second-order valence-electron chi connectivity index (χ2n) is 3.23. The standard InChI is InChI=1S/C11H10INO2/c1-13-8-6-4-3-5-7(8)9(12)10(13)11(14)15-2/h3-6H,1-2H3. The zero-order chi connectivity index (χ0) is 11.0. The lowest BCUT2D eigenvalue weighted by Crippen LogP contribution is -2.08. The van der Waals surface area contributed by atoms with Crippen LogP contribution in [0, 0.1) is 3.57 Å². The van der Waals surface area contributed by atoms with Crippen LogP contribution in [0.2, 0.25) is 0 Å². The summed E-state index contributed by atoms with van der Waals surface area (Å²) in [7, 11) is 3.27. The van der Waals surface area contributed by atoms with Gasteiger partial charge in [0.05, 0.1) is 10.7 Å². The van der Waals surface area contributed by atoms with Gasteiger partial charge in [-0.2, -0.15) is 0 Å². The minimum atomic E-state index is -0.293. The van der Waals surface area contributed by atoms with E-state index in [4.69, 9.17) is 4.74 Å². The van der Waals surface area contributed by atoms with E-state index < -0.39 is 0 Å². The third-order valence-electron chi connectivity index (χ3n) is 2.42. The molecule has 15 heavy (non-hydrogen) atoms. The summed E-state index contributed by atoms with van der Waals surface area (Å²) in [6.45, 7) is 0. The van der Waals surface area contributed by atoms with Gasteiger partial charge in [-0.15, -0.1) is 0 Å². The molecule has 0 aliphatic heterocycles. The van der Waals surface area contributed by atoms with Gasteiger partial charge in [0, 0.05) is 18.0 Å². The number of hydrogen-bond donors (Lipinski definition) is 0. The highest BCUT2D eigenvalue weighted by Gasteiger charge is 2.19. The highest BCUT2D eigenvalue weighted by molar-refractivity contribution is 14.1. The van der Waals surface area contributed by atoms with E-state index >= 15 is 0 Å². The Hall–Kier alpha value is -1.04. The van der Waals surface area contributed by atoms with E-state index in [9.17, 15) is 4.79 Å². The number of carbonyl (C=O) groups is 1. The number of halogens is 1. The number of fused-ring (bicyclic) bond motifs is 1. The van der Waals surface area contributed by atoms with Crippen molar-refractivity contribution in [3.05, 3.63) is 33.5 Å². The van der Waals surface area contributed by atoms with Crippen LogP contribution >= 0.6 is 22.6 Å². The number of para-hydroxylation sites is 1. The summed E-state index contributed by atoms with van der Waals surface area (Å²) in [5.74, 6) is -0.293. The van der Waals surface area contributed by atoms with Gasteiger partial charge in [-0.25, -0.2) is 4.79 Å². The van der Waals surface area contributed by atoms with E-state index in [-0.39, 0.29) is 5.97 Å². The van der Waals surface area contributed by atoms with Gasteiger partial charge in [0.1, 0.15) is 5.69 Å². The number of aryl methyl sites for hydroxylation is 1. The van der Waals surface area contributed by atoms with Gasteiger partial charge >= 0.3 is 5.97 Å². The van der Waals surface area contributed by atoms with Crippen LogP contribution in [0.1, 0.15) is 10.5 Å². The first-order valence-electron chi connectivity index (χ1n) is 4.48. The van der Waals surface area contributed by atoms with Crippen molar-refractivity contribution in [1.29, 1.82) is 0 Å². The number of benzene rings is 1. The number of hydrogen-bond acceptors (Lipinski definition) is 2. The van der Waals surface area contributed by atoms with E-state index in [2.05, 4.69) is 22.6 Å². The van der Waals surface area contributed by atoms with Crippen LogP contribution in [0.4, 0.5) is 0 Å². The summed E-state index contributed by atoms with van der Waals surface area (Å²) in [5.41, 5.74) is 1.65. The first-order chi connectivity index (χ1) is 7.16. The van der Waals surface area contributed by atoms with E-state index in [0.717, 1.165) is 14.5 Å². The van der Waals surface area contributed by atoms with E-state index in [1.165, 1.54) is 7.11 Å². The van der Waals surface area contributed by atoms with Crippen molar-refractivity contribution >= 4 is 39.5 Å². The molecule has 0 fully saturated rings. The molecule has 0 atom stereocenters. The largest absolute Gasteiger partial charge is 0.464 e. The summed E-state index contributed by atoms with van der Waals surface area (Å²) < 4.78 is 7.57. The van der Waals surface area contributed by atoms with Gasteiger partial charge in [-0.05, 0) is 28.7 Å². The number of methoxy groups -OCH3 is 1. The molecule has 0 saturated carbocycles. The lowest BCUT2D eigenvalue weighted by atomic mass is 10.2. The zero-order valence-electron chi connectivity index (χ0n) is 8.45. The lowest BCUT2D eigenvalue weighted by Gasteiger charge is -2.01. The Balaban J connectivity index is 2.81. The molecule has 0 unspecified atom stereocenters. The van der Waals surface area contributed by atoms with Crippen molar-refractivity contribution in [2.24, 2.45) is 7.05 Å². The number of ether oxygens (including phenoxy) is 1. The molecule has 1 aromatic heterocycles. The van der Waals surface area contributed by atoms with Crippen molar-refractivity contribution in [3.8, 4) is 0 Å². The molecule has 2 aromatic rings. The van der Waals surface area contributed by atoms with Crippen molar-refractivity contribution in [3.63, 3.8) is 0 Å². The SMILES string of the molecule is COC(=O)c1c(I)c2ccccc2n1C. The van der Waals surface area contributed by atoms with Crippen LogP contribution < -0.4 is 0 Å². The van der Waals surface area contributed by atoms with Crippen LogP contribution in [0.5, 0.6) is 0 Å². The summed E-state index contributed by atoms with van der Waals surface area (Å²) in [6.07, 6.45) is 0. The molecular weight excluding hydrogens is 305 g/mol. The molecule has 3 nitrogen and oxygen atoms in total. The summed E-state index contributed by atoms with van der Waals surface area (Å²) in [5, 5.41) is 1.08. The highest BCUT2D eigenvalue weighted by atomic mass is 127. The van der Waals surface area contributed by atoms with E-state index in [1.807, 2.05) is 35.9 Å². The Morgan fingerprint density at radius 2 is 2.07 bits per heavy atom. The van der Waals surface area contributed by atoms with Crippen LogP contribution in [0.15, 0.2) is 24.3 Å². The summed E-state index contributed by atoms with van der Waals surface area (Å²) >= 11 is 2.18. The molecule has 0 N–H and O–H groups in total. The van der Waals surface area contributed by atoms with Gasteiger partial charge in [0.2, 0.25) is 0 Å². The second-order valence-corrected chi connectivity index (χ2v) is 4.31. The number of carbonyl (C=O) groups excluding carboxylic acids is 1. The minimum absolute atomic E-state index is 0.293. The van der Waals surface area contributed by atoms with Gasteiger partial charge in [0.15, 0.2) is 0 Å². The number of aromatic nitrogens is 1. The molecule has 2 rings (SSSR count). The molecule has 0 aliphatic carbocycles. The predicted molar refractivity (Wildman–Crippen MR) is 67.0 cm³/mol. The van der Waals surface area contributed by atoms with Gasteiger partial charge in [-0.1, -0.05) is 18.2 Å². The van der Waals surface area contributed by atoms with Gasteiger partial charge in [-0.3, -0.25) is 0 Å². The lowest BCUT2D eigenvalue weighted by molar-refractivity contribution is 0.0589. The summed E-state index contributed by atoms with van der Waals surface area (Å²) in [6, 6.07) is 7.92. The molecule has 0 bridgehead atoms.